The molecule has 0 saturated carbocycles. The smallest absolute Gasteiger partial charge is 0.336 e. The lowest BCUT2D eigenvalue weighted by atomic mass is 9.99. The van der Waals surface area contributed by atoms with Gasteiger partial charge in [0.25, 0.3) is 0 Å². The highest BCUT2D eigenvalue weighted by Gasteiger charge is 2.14. The molecule has 98 valence electrons. The fourth-order valence-corrected chi connectivity index (χ4v) is 1.93. The molecule has 1 aromatic heterocycles. The first-order valence-corrected chi connectivity index (χ1v) is 5.82. The monoisotopic (exact) mass is 258 g/mol. The maximum absolute atomic E-state index is 11.4. The minimum absolute atomic E-state index is 0.432. The summed E-state index contributed by atoms with van der Waals surface area (Å²) in [6, 6.07) is 6.65. The second-order valence-electron chi connectivity index (χ2n) is 4.24. The molecule has 0 spiro atoms. The van der Waals surface area contributed by atoms with Crippen LogP contribution in [0, 0.1) is 0 Å². The number of methoxy groups -OCH3 is 1. The van der Waals surface area contributed by atoms with E-state index in [1.54, 1.807) is 26.0 Å². The number of fused-ring (bicyclic) bond motifs is 1. The highest BCUT2D eigenvalue weighted by atomic mass is 16.5. The average Bonchev–Trinajstić information content (AvgIpc) is 2.44. The number of allylic oxidation sites excluding steroid dienone is 2. The summed E-state index contributed by atoms with van der Waals surface area (Å²) in [4.78, 5) is 22.3. The van der Waals surface area contributed by atoms with Crippen molar-refractivity contribution in [2.24, 2.45) is 0 Å². The van der Waals surface area contributed by atoms with Gasteiger partial charge in [0.05, 0.1) is 12.7 Å². The van der Waals surface area contributed by atoms with E-state index in [9.17, 15) is 9.59 Å². The maximum atomic E-state index is 11.4. The van der Waals surface area contributed by atoms with Gasteiger partial charge >= 0.3 is 5.63 Å². The molecule has 0 atom stereocenters. The number of carbonyl (C=O) groups is 1. The SMILES string of the molecule is COc1ccc2ccc(=O)oc2c1/C(C)=C(/C)C=O. The number of rotatable bonds is 3. The standard InChI is InChI=1S/C15H14O4/c1-9(8-16)10(2)14-12(18-3)6-4-11-5-7-13(17)19-15(11)14/h4-8H,1-3H3/b10-9-. The average molecular weight is 258 g/mol. The van der Waals surface area contributed by atoms with Crippen LogP contribution in [0.2, 0.25) is 0 Å². The Hall–Kier alpha value is -2.36. The number of ether oxygens (including phenoxy) is 1. The van der Waals surface area contributed by atoms with Gasteiger partial charge in [-0.1, -0.05) is 0 Å². The number of benzene rings is 1. The van der Waals surface area contributed by atoms with Gasteiger partial charge in [0.15, 0.2) is 0 Å². The van der Waals surface area contributed by atoms with Crippen molar-refractivity contribution in [3.63, 3.8) is 0 Å². The van der Waals surface area contributed by atoms with Crippen LogP contribution in [-0.4, -0.2) is 13.4 Å². The number of hydrogen-bond acceptors (Lipinski definition) is 4. The van der Waals surface area contributed by atoms with Crippen molar-refractivity contribution in [2.45, 2.75) is 13.8 Å². The highest BCUT2D eigenvalue weighted by molar-refractivity contribution is 5.97. The number of aldehydes is 1. The minimum atomic E-state index is -0.432. The van der Waals surface area contributed by atoms with Crippen molar-refractivity contribution in [3.8, 4) is 5.75 Å². The molecule has 4 heteroatoms. The molecule has 0 unspecified atom stereocenters. The zero-order valence-corrected chi connectivity index (χ0v) is 11.0. The van der Waals surface area contributed by atoms with Gasteiger partial charge in [-0.25, -0.2) is 4.79 Å². The summed E-state index contributed by atoms with van der Waals surface area (Å²) in [5, 5.41) is 0.786. The third-order valence-electron chi connectivity index (χ3n) is 3.11. The van der Waals surface area contributed by atoms with Gasteiger partial charge in [-0.05, 0) is 43.2 Å². The Morgan fingerprint density at radius 2 is 1.89 bits per heavy atom. The molecular weight excluding hydrogens is 244 g/mol. The van der Waals surface area contributed by atoms with Crippen LogP contribution >= 0.6 is 0 Å². The largest absolute Gasteiger partial charge is 0.496 e. The molecule has 0 N–H and O–H groups in total. The van der Waals surface area contributed by atoms with Crippen LogP contribution in [0.3, 0.4) is 0 Å². The van der Waals surface area contributed by atoms with Crippen molar-refractivity contribution in [1.82, 2.24) is 0 Å². The molecule has 0 bridgehead atoms. The van der Waals surface area contributed by atoms with E-state index in [1.807, 2.05) is 6.07 Å². The molecule has 0 aliphatic heterocycles. The van der Waals surface area contributed by atoms with E-state index < -0.39 is 5.63 Å². The molecular formula is C15H14O4. The van der Waals surface area contributed by atoms with Gasteiger partial charge in [0.1, 0.15) is 17.6 Å². The summed E-state index contributed by atoms with van der Waals surface area (Å²) in [6.45, 7) is 3.51. The van der Waals surface area contributed by atoms with Gasteiger partial charge in [-0.15, -0.1) is 0 Å². The number of carbonyl (C=O) groups excluding carboxylic acids is 1. The van der Waals surface area contributed by atoms with E-state index in [-0.39, 0.29) is 0 Å². The third kappa shape index (κ3) is 2.29. The Morgan fingerprint density at radius 1 is 1.21 bits per heavy atom. The van der Waals surface area contributed by atoms with Crippen molar-refractivity contribution in [2.75, 3.05) is 7.11 Å². The Labute approximate surface area is 110 Å². The summed E-state index contributed by atoms with van der Waals surface area (Å²) < 4.78 is 10.6. The summed E-state index contributed by atoms with van der Waals surface area (Å²) in [5.74, 6) is 0.570. The van der Waals surface area contributed by atoms with Crippen LogP contribution < -0.4 is 10.4 Å². The van der Waals surface area contributed by atoms with E-state index in [0.29, 0.717) is 22.5 Å². The molecule has 4 nitrogen and oxygen atoms in total. The summed E-state index contributed by atoms with van der Waals surface area (Å²) in [6.07, 6.45) is 0.772. The highest BCUT2D eigenvalue weighted by Crippen LogP contribution is 2.34. The molecule has 1 aromatic carbocycles. The predicted molar refractivity (Wildman–Crippen MR) is 73.4 cm³/mol. The normalized spacial score (nSPS) is 12.2. The van der Waals surface area contributed by atoms with Crippen LogP contribution in [0.25, 0.3) is 16.5 Å². The van der Waals surface area contributed by atoms with Crippen LogP contribution in [0.15, 0.2) is 39.1 Å². The van der Waals surface area contributed by atoms with E-state index in [1.165, 1.54) is 13.2 Å². The van der Waals surface area contributed by atoms with Crippen LogP contribution in [0.4, 0.5) is 0 Å². The van der Waals surface area contributed by atoms with Crippen molar-refractivity contribution >= 4 is 22.8 Å². The molecule has 0 aliphatic rings. The van der Waals surface area contributed by atoms with Crippen molar-refractivity contribution < 1.29 is 13.9 Å². The molecule has 0 aliphatic carbocycles. The summed E-state index contributed by atoms with van der Waals surface area (Å²) in [5.41, 5.74) is 1.94. The first-order valence-electron chi connectivity index (χ1n) is 5.82. The number of hydrogen-bond donors (Lipinski definition) is 0. The summed E-state index contributed by atoms with van der Waals surface area (Å²) in [7, 11) is 1.54. The first kappa shape index (κ1) is 13.1. The third-order valence-corrected chi connectivity index (χ3v) is 3.11. The van der Waals surface area contributed by atoms with Crippen molar-refractivity contribution in [1.29, 1.82) is 0 Å². The molecule has 19 heavy (non-hydrogen) atoms. The molecule has 0 saturated heterocycles. The topological polar surface area (TPSA) is 56.5 Å². The lowest BCUT2D eigenvalue weighted by Gasteiger charge is -2.12. The van der Waals surface area contributed by atoms with E-state index in [4.69, 9.17) is 9.15 Å². The lowest BCUT2D eigenvalue weighted by molar-refractivity contribution is -0.104. The molecule has 2 rings (SSSR count). The van der Waals surface area contributed by atoms with Crippen LogP contribution in [0.1, 0.15) is 19.4 Å². The van der Waals surface area contributed by atoms with Gasteiger partial charge in [-0.3, -0.25) is 4.79 Å². The Morgan fingerprint density at radius 3 is 2.53 bits per heavy atom. The maximum Gasteiger partial charge on any atom is 0.336 e. The van der Waals surface area contributed by atoms with Gasteiger partial charge in [0, 0.05) is 11.5 Å². The van der Waals surface area contributed by atoms with E-state index >= 15 is 0 Å². The zero-order valence-electron chi connectivity index (χ0n) is 11.0. The van der Waals surface area contributed by atoms with Gasteiger partial charge < -0.3 is 9.15 Å². The van der Waals surface area contributed by atoms with Crippen LogP contribution in [-0.2, 0) is 4.79 Å². The Balaban J connectivity index is 2.93. The van der Waals surface area contributed by atoms with Gasteiger partial charge in [0.2, 0.25) is 0 Å². The van der Waals surface area contributed by atoms with Gasteiger partial charge in [-0.2, -0.15) is 0 Å². The van der Waals surface area contributed by atoms with Crippen LogP contribution in [0.5, 0.6) is 5.75 Å². The lowest BCUT2D eigenvalue weighted by Crippen LogP contribution is -1.99. The summed E-state index contributed by atoms with van der Waals surface area (Å²) >= 11 is 0. The minimum Gasteiger partial charge on any atom is -0.496 e. The molecule has 1 heterocycles. The fraction of sp³-hybridized carbons (Fsp3) is 0.200. The van der Waals surface area contributed by atoms with E-state index in [0.717, 1.165) is 17.2 Å². The Kier molecular flexibility index (Phi) is 3.51. The molecule has 0 amide bonds. The zero-order chi connectivity index (χ0) is 14.0. The fourth-order valence-electron chi connectivity index (χ4n) is 1.93. The second kappa shape index (κ2) is 5.10. The molecule has 0 radical (unpaired) electrons. The van der Waals surface area contributed by atoms with Crippen molar-refractivity contribution in [3.05, 3.63) is 45.8 Å². The molecule has 0 fully saturated rings. The first-order chi connectivity index (χ1) is 9.08. The second-order valence-corrected chi connectivity index (χ2v) is 4.24. The predicted octanol–water partition coefficient (Wildman–Crippen LogP) is 2.79. The quantitative estimate of drug-likeness (QED) is 0.482. The Bertz CT molecular complexity index is 722. The van der Waals surface area contributed by atoms with E-state index in [2.05, 4.69) is 0 Å². The molecule has 2 aromatic rings.